The zero-order chi connectivity index (χ0) is 37.4. The third kappa shape index (κ3) is 5.74. The number of nitrogens with zero attached hydrogens (tertiary/aromatic N) is 1. The van der Waals surface area contributed by atoms with Gasteiger partial charge in [-0.2, -0.15) is 0 Å². The second-order valence-electron chi connectivity index (χ2n) is 14.6. The molecule has 2 unspecified atom stereocenters. The summed E-state index contributed by atoms with van der Waals surface area (Å²) < 4.78 is 66.6. The smallest absolute Gasteiger partial charge is 0.482 e. The first-order chi connectivity index (χ1) is 24.4. The van der Waals surface area contributed by atoms with Crippen molar-refractivity contribution in [1.29, 1.82) is 0 Å². The van der Waals surface area contributed by atoms with Gasteiger partial charge in [-0.3, -0.25) is 14.6 Å². The van der Waals surface area contributed by atoms with Gasteiger partial charge >= 0.3 is 29.8 Å². The molecule has 2 aliphatic carbocycles. The molecule has 0 saturated heterocycles. The second kappa shape index (κ2) is 12.3. The molecule has 0 bridgehead atoms. The molecule has 2 aromatic heterocycles. The third-order valence-electron chi connectivity index (χ3n) is 11.3. The van der Waals surface area contributed by atoms with Crippen LogP contribution in [0.2, 0.25) is 0 Å². The fourth-order valence-corrected chi connectivity index (χ4v) is 9.11. The molecule has 0 spiro atoms. The van der Waals surface area contributed by atoms with Gasteiger partial charge in [-0.15, -0.1) is 8.78 Å². The Morgan fingerprint density at radius 1 is 0.962 bits per heavy atom. The number of fused-ring (bicyclic) bond motifs is 5. The van der Waals surface area contributed by atoms with Crippen LogP contribution in [0.5, 0.6) is 17.2 Å². The van der Waals surface area contributed by atoms with Gasteiger partial charge in [0.2, 0.25) is 0 Å². The van der Waals surface area contributed by atoms with E-state index in [1.807, 2.05) is 13.8 Å². The molecular weight excluding hydrogens is 688 g/mol. The summed E-state index contributed by atoms with van der Waals surface area (Å²) in [4.78, 5) is 56.1. The maximum absolute atomic E-state index is 13.9. The van der Waals surface area contributed by atoms with Crippen LogP contribution in [0.4, 0.5) is 8.78 Å². The minimum atomic E-state index is -3.91. The van der Waals surface area contributed by atoms with E-state index in [1.54, 1.807) is 25.3 Å². The van der Waals surface area contributed by atoms with Crippen LogP contribution in [0.25, 0.3) is 11.3 Å². The number of aliphatic hydroxyl groups is 1. The highest BCUT2D eigenvalue weighted by Crippen LogP contribution is 2.67. The Balaban J connectivity index is 1.35. The van der Waals surface area contributed by atoms with E-state index in [1.165, 1.54) is 32.2 Å². The maximum atomic E-state index is 13.9. The molecule has 4 aliphatic rings. The van der Waals surface area contributed by atoms with Gasteiger partial charge in [0.05, 0.1) is 11.7 Å². The van der Waals surface area contributed by atoms with Crippen LogP contribution >= 0.6 is 0 Å². The number of esters is 3. The number of benzene rings is 1. The van der Waals surface area contributed by atoms with Crippen LogP contribution in [0.3, 0.4) is 0 Å². The highest BCUT2D eigenvalue weighted by molar-refractivity contribution is 5.90. The normalized spacial score (nSPS) is 32.3. The topological polar surface area (TPSA) is 170 Å². The van der Waals surface area contributed by atoms with Crippen molar-refractivity contribution in [2.45, 2.75) is 84.1 Å². The number of rotatable bonds is 6. The summed E-state index contributed by atoms with van der Waals surface area (Å²) in [6, 6.07) is 8.31. The summed E-state index contributed by atoms with van der Waals surface area (Å²) in [6.45, 7) is 7.78. The first-order valence-electron chi connectivity index (χ1n) is 16.8. The van der Waals surface area contributed by atoms with Crippen molar-refractivity contribution >= 4 is 17.9 Å². The number of pyridine rings is 1. The summed E-state index contributed by atoms with van der Waals surface area (Å²) in [5.74, 6) is -4.03. The van der Waals surface area contributed by atoms with Crippen molar-refractivity contribution in [2.75, 3.05) is 6.61 Å². The lowest BCUT2D eigenvalue weighted by Gasteiger charge is -2.66. The lowest BCUT2D eigenvalue weighted by atomic mass is 9.42. The maximum Gasteiger partial charge on any atom is 0.586 e. The monoisotopic (exact) mass is 725 g/mol. The third-order valence-corrected chi connectivity index (χ3v) is 11.3. The van der Waals surface area contributed by atoms with Crippen LogP contribution in [0, 0.1) is 22.7 Å². The first kappa shape index (κ1) is 35.4. The molecule has 2 saturated carbocycles. The van der Waals surface area contributed by atoms with E-state index >= 15 is 0 Å². The van der Waals surface area contributed by atoms with Crippen LogP contribution in [-0.4, -0.2) is 58.7 Å². The predicted octanol–water partition coefficient (Wildman–Crippen LogP) is 5.37. The molecule has 15 heteroatoms. The molecule has 0 amide bonds. The Bertz CT molecular complexity index is 2000. The van der Waals surface area contributed by atoms with Gasteiger partial charge < -0.3 is 37.9 Å². The van der Waals surface area contributed by atoms with Crippen molar-refractivity contribution < 1.29 is 61.1 Å². The Labute approximate surface area is 296 Å². The highest BCUT2D eigenvalue weighted by Gasteiger charge is 2.71. The molecule has 0 radical (unpaired) electrons. The lowest BCUT2D eigenvalue weighted by Crippen LogP contribution is -2.71. The number of aromatic nitrogens is 1. The van der Waals surface area contributed by atoms with E-state index in [0.29, 0.717) is 18.4 Å². The van der Waals surface area contributed by atoms with E-state index in [-0.39, 0.29) is 47.2 Å². The molecule has 1 N–H and O–H groups in total. The standard InChI is InChI=1S/C37H37F2NO12/c1-18(41)46-17-35(4)26-15-28(49-32(44)20-8-9-22-24(13-20)52-37(38,39)51-22)36(5)31(34(26,3)11-10-27(35)47-19(2)42)30(43)29-25(50-36)14-23(48-33(29)45)21-7-6-12-40-16-21/h6-9,12-14,16,26-28,30-31,43H,10-11,15,17H2,1-5H3/t26?,27-,28-,30-,31?,34-,35-,36+/m0/s1. The molecule has 8 atom stereocenters. The number of aliphatic hydroxyl groups excluding tert-OH is 1. The van der Waals surface area contributed by atoms with Crippen molar-refractivity contribution in [3.05, 3.63) is 70.3 Å². The Morgan fingerprint density at radius 2 is 1.71 bits per heavy atom. The lowest BCUT2D eigenvalue weighted by molar-refractivity contribution is -0.286. The summed E-state index contributed by atoms with van der Waals surface area (Å²) in [5.41, 5.74) is -4.10. The number of halogens is 2. The Hall–Kier alpha value is -5.05. The van der Waals surface area contributed by atoms with E-state index in [9.17, 15) is 33.1 Å². The molecule has 3 aromatic rings. The summed E-state index contributed by atoms with van der Waals surface area (Å²) in [5, 5.41) is 12.3. The van der Waals surface area contributed by atoms with E-state index in [2.05, 4.69) is 14.5 Å². The summed E-state index contributed by atoms with van der Waals surface area (Å²) in [6.07, 6.45) is -3.51. The molecule has 7 rings (SSSR count). The predicted molar refractivity (Wildman–Crippen MR) is 173 cm³/mol. The van der Waals surface area contributed by atoms with Crippen molar-refractivity contribution in [2.24, 2.45) is 22.7 Å². The molecule has 276 valence electrons. The van der Waals surface area contributed by atoms with Gasteiger partial charge in [0.15, 0.2) is 11.5 Å². The molecule has 52 heavy (non-hydrogen) atoms. The number of hydrogen-bond acceptors (Lipinski definition) is 13. The van der Waals surface area contributed by atoms with Crippen LogP contribution in [0.15, 0.2) is 58.0 Å². The first-order valence-corrected chi connectivity index (χ1v) is 16.8. The van der Waals surface area contributed by atoms with Crippen LogP contribution < -0.4 is 19.8 Å². The molecule has 4 heterocycles. The van der Waals surface area contributed by atoms with Gasteiger partial charge in [-0.05, 0) is 67.9 Å². The van der Waals surface area contributed by atoms with Gasteiger partial charge in [0, 0.05) is 49.2 Å². The molecule has 2 fully saturated rings. The van der Waals surface area contributed by atoms with Gasteiger partial charge in [-0.1, -0.05) is 13.8 Å². The number of carbonyl (C=O) groups excluding carboxylic acids is 3. The highest BCUT2D eigenvalue weighted by atomic mass is 19.3. The molecule has 13 nitrogen and oxygen atoms in total. The zero-order valence-electron chi connectivity index (χ0n) is 29.0. The van der Waals surface area contributed by atoms with Crippen LogP contribution in [0.1, 0.15) is 75.9 Å². The van der Waals surface area contributed by atoms with E-state index < -0.39 is 76.4 Å². The molecular formula is C37H37F2NO12. The average Bonchev–Trinajstić information content (AvgIpc) is 3.39. The average molecular weight is 726 g/mol. The van der Waals surface area contributed by atoms with E-state index in [0.717, 1.165) is 12.1 Å². The SMILES string of the molecule is CC(=O)OC[C@@]1(C)C2C[C@H](OC(=O)c3ccc4c(c3)OC(F)(F)O4)[C@@]3(C)Oc4cc(-c5cccnc5)oc(=O)c4[C@H](O)C3[C@@]2(C)CC[C@@H]1OC(C)=O. The number of ether oxygens (including phenoxy) is 6. The summed E-state index contributed by atoms with van der Waals surface area (Å²) in [7, 11) is 0. The molecule has 1 aromatic carbocycles. The van der Waals surface area contributed by atoms with E-state index in [4.69, 9.17) is 23.4 Å². The fourth-order valence-electron chi connectivity index (χ4n) is 9.11. The van der Waals surface area contributed by atoms with Gasteiger partial charge in [-0.25, -0.2) is 9.59 Å². The molecule has 2 aliphatic heterocycles. The number of hydrogen-bond donors (Lipinski definition) is 1. The minimum absolute atomic E-state index is 0.0195. The van der Waals surface area contributed by atoms with Gasteiger partial charge in [0.25, 0.3) is 0 Å². The zero-order valence-corrected chi connectivity index (χ0v) is 29.0. The van der Waals surface area contributed by atoms with Crippen molar-refractivity contribution in [1.82, 2.24) is 4.98 Å². The van der Waals surface area contributed by atoms with Crippen molar-refractivity contribution in [3.8, 4) is 28.6 Å². The number of carbonyl (C=O) groups is 3. The quantitative estimate of drug-likeness (QED) is 0.254. The fraction of sp³-hybridized carbons (Fsp3) is 0.486. The second-order valence-corrected chi connectivity index (χ2v) is 14.6. The van der Waals surface area contributed by atoms with Gasteiger partial charge in [0.1, 0.15) is 41.5 Å². The van der Waals surface area contributed by atoms with Crippen molar-refractivity contribution in [3.63, 3.8) is 0 Å². The Morgan fingerprint density at radius 3 is 2.40 bits per heavy atom. The Kier molecular flexibility index (Phi) is 8.35. The number of alkyl halides is 2. The largest absolute Gasteiger partial charge is 0.586 e. The van der Waals surface area contributed by atoms with Crippen LogP contribution in [-0.2, 0) is 23.8 Å². The minimum Gasteiger partial charge on any atom is -0.482 e. The summed E-state index contributed by atoms with van der Waals surface area (Å²) >= 11 is 0.